The largest absolute Gasteiger partial charge is 0.493 e. The summed E-state index contributed by atoms with van der Waals surface area (Å²) in [6.45, 7) is 0. The number of nitro benzene ring substituents is 1. The van der Waals surface area contributed by atoms with Gasteiger partial charge in [0.1, 0.15) is 0 Å². The minimum Gasteiger partial charge on any atom is -0.493 e. The van der Waals surface area contributed by atoms with E-state index in [1.165, 1.54) is 50.8 Å². The molecule has 0 bridgehead atoms. The van der Waals surface area contributed by atoms with Crippen molar-refractivity contribution in [3.63, 3.8) is 0 Å². The summed E-state index contributed by atoms with van der Waals surface area (Å²) in [6, 6.07) is 12.6. The molecule has 0 atom stereocenters. The van der Waals surface area contributed by atoms with Crippen LogP contribution in [0.3, 0.4) is 0 Å². The molecule has 0 heterocycles. The Morgan fingerprint density at radius 3 is 1.89 bits per heavy atom. The Kier molecular flexibility index (Phi) is 9.31. The number of ether oxygens (including phenoxy) is 5. The van der Waals surface area contributed by atoms with Crippen LogP contribution in [0.4, 0.5) is 11.4 Å². The molecule has 10 nitrogen and oxygen atoms in total. The van der Waals surface area contributed by atoms with E-state index in [9.17, 15) is 14.9 Å². The van der Waals surface area contributed by atoms with Gasteiger partial charge >= 0.3 is 0 Å². The van der Waals surface area contributed by atoms with Gasteiger partial charge in [0.2, 0.25) is 5.75 Å². The van der Waals surface area contributed by atoms with Crippen molar-refractivity contribution in [2.24, 2.45) is 0 Å². The van der Waals surface area contributed by atoms with Crippen molar-refractivity contribution >= 4 is 29.3 Å². The van der Waals surface area contributed by atoms with Crippen LogP contribution in [0.5, 0.6) is 28.7 Å². The van der Waals surface area contributed by atoms with Gasteiger partial charge in [-0.05, 0) is 35.9 Å². The minimum atomic E-state index is -0.518. The molecule has 0 saturated heterocycles. The molecule has 3 aromatic carbocycles. The monoisotopic (exact) mass is 520 g/mol. The summed E-state index contributed by atoms with van der Waals surface area (Å²) < 4.78 is 27.1. The molecule has 3 aromatic rings. The average molecular weight is 521 g/mol. The number of benzene rings is 3. The van der Waals surface area contributed by atoms with Crippen LogP contribution in [0.1, 0.15) is 21.5 Å². The third-order valence-corrected chi connectivity index (χ3v) is 5.53. The number of ketones is 1. The molecular formula is C28H28N2O8. The quantitative estimate of drug-likeness (QED) is 0.107. The maximum atomic E-state index is 12.5. The molecule has 198 valence electrons. The lowest BCUT2D eigenvalue weighted by Gasteiger charge is -2.14. The first-order chi connectivity index (χ1) is 18.3. The van der Waals surface area contributed by atoms with Gasteiger partial charge in [-0.15, -0.1) is 0 Å². The summed E-state index contributed by atoms with van der Waals surface area (Å²) in [6.07, 6.45) is 6.55. The molecule has 10 heteroatoms. The van der Waals surface area contributed by atoms with Gasteiger partial charge in [0.15, 0.2) is 28.8 Å². The van der Waals surface area contributed by atoms with Gasteiger partial charge in [-0.2, -0.15) is 0 Å². The van der Waals surface area contributed by atoms with Gasteiger partial charge < -0.3 is 29.0 Å². The molecule has 38 heavy (non-hydrogen) atoms. The first-order valence-electron chi connectivity index (χ1n) is 11.3. The highest BCUT2D eigenvalue weighted by atomic mass is 16.6. The van der Waals surface area contributed by atoms with E-state index in [2.05, 4.69) is 5.32 Å². The SMILES string of the molecule is COc1cc(C=Cc2cc(OC)c(OC)c(OC)c2)c(NC=CC(=O)c2ccc([N+](=O)[O-])cc2)cc1OC. The number of carbonyl (C=O) groups is 1. The van der Waals surface area contributed by atoms with Gasteiger partial charge in [0, 0.05) is 47.3 Å². The third kappa shape index (κ3) is 6.41. The molecular weight excluding hydrogens is 492 g/mol. The summed E-state index contributed by atoms with van der Waals surface area (Å²) in [5.41, 5.74) is 2.41. The van der Waals surface area contributed by atoms with Crippen LogP contribution >= 0.6 is 0 Å². The number of rotatable bonds is 12. The predicted octanol–water partition coefficient (Wildman–Crippen LogP) is 5.62. The highest BCUT2D eigenvalue weighted by molar-refractivity contribution is 6.04. The van der Waals surface area contributed by atoms with E-state index in [0.29, 0.717) is 40.0 Å². The predicted molar refractivity (Wildman–Crippen MR) is 145 cm³/mol. The number of anilines is 1. The number of nitrogens with one attached hydrogen (secondary N) is 1. The fraction of sp³-hybridized carbons (Fsp3) is 0.179. The summed E-state index contributed by atoms with van der Waals surface area (Å²) in [4.78, 5) is 22.8. The highest BCUT2D eigenvalue weighted by Gasteiger charge is 2.13. The summed E-state index contributed by atoms with van der Waals surface area (Å²) in [5.74, 6) is 2.23. The summed E-state index contributed by atoms with van der Waals surface area (Å²) >= 11 is 0. The second-order valence-corrected chi connectivity index (χ2v) is 7.73. The maximum Gasteiger partial charge on any atom is 0.269 e. The number of allylic oxidation sites excluding steroid dienone is 1. The number of methoxy groups -OCH3 is 5. The van der Waals surface area contributed by atoms with Crippen molar-refractivity contribution in [3.8, 4) is 28.7 Å². The topological polar surface area (TPSA) is 118 Å². The van der Waals surface area contributed by atoms with Gasteiger partial charge in [0.05, 0.1) is 40.5 Å². The molecule has 1 N–H and O–H groups in total. The van der Waals surface area contributed by atoms with Crippen LogP contribution in [-0.2, 0) is 0 Å². The molecule has 0 radical (unpaired) electrons. The van der Waals surface area contributed by atoms with Crippen LogP contribution in [0.15, 0.2) is 60.8 Å². The first kappa shape index (κ1) is 27.6. The summed E-state index contributed by atoms with van der Waals surface area (Å²) in [5, 5.41) is 13.9. The van der Waals surface area contributed by atoms with Gasteiger partial charge in [0.25, 0.3) is 5.69 Å². The Labute approximate surface area is 220 Å². The molecule has 0 aliphatic carbocycles. The van der Waals surface area contributed by atoms with E-state index in [1.807, 2.05) is 24.3 Å². The lowest BCUT2D eigenvalue weighted by Crippen LogP contribution is -1.99. The van der Waals surface area contributed by atoms with E-state index < -0.39 is 4.92 Å². The Morgan fingerprint density at radius 2 is 1.37 bits per heavy atom. The minimum absolute atomic E-state index is 0.0856. The van der Waals surface area contributed by atoms with Gasteiger partial charge in [-0.25, -0.2) is 0 Å². The van der Waals surface area contributed by atoms with Crippen molar-refractivity contribution in [1.29, 1.82) is 0 Å². The molecule has 0 aromatic heterocycles. The Hall–Kier alpha value is -4.99. The molecule has 0 aliphatic heterocycles. The van der Waals surface area contributed by atoms with Gasteiger partial charge in [-0.3, -0.25) is 14.9 Å². The van der Waals surface area contributed by atoms with Gasteiger partial charge in [-0.1, -0.05) is 12.2 Å². The van der Waals surface area contributed by atoms with Crippen molar-refractivity contribution in [2.45, 2.75) is 0 Å². The molecule has 0 spiro atoms. The average Bonchev–Trinajstić information content (AvgIpc) is 2.95. The number of hydrogen-bond acceptors (Lipinski definition) is 9. The molecule has 0 saturated carbocycles. The second kappa shape index (κ2) is 12.8. The molecule has 0 amide bonds. The van der Waals surface area contributed by atoms with Crippen molar-refractivity contribution < 1.29 is 33.4 Å². The number of carbonyl (C=O) groups excluding carboxylic acids is 1. The van der Waals surface area contributed by atoms with Crippen molar-refractivity contribution in [2.75, 3.05) is 40.9 Å². The lowest BCUT2D eigenvalue weighted by atomic mass is 10.1. The highest BCUT2D eigenvalue weighted by Crippen LogP contribution is 2.39. The van der Waals surface area contributed by atoms with Crippen LogP contribution in [0.2, 0.25) is 0 Å². The zero-order chi connectivity index (χ0) is 27.7. The van der Waals surface area contributed by atoms with E-state index in [4.69, 9.17) is 23.7 Å². The van der Waals surface area contributed by atoms with E-state index in [-0.39, 0.29) is 11.5 Å². The van der Waals surface area contributed by atoms with Crippen molar-refractivity contribution in [1.82, 2.24) is 0 Å². The second-order valence-electron chi connectivity index (χ2n) is 7.73. The van der Waals surface area contributed by atoms with E-state index >= 15 is 0 Å². The standard InChI is InChI=1S/C28H28N2O8/c1-34-24-16-20(7-6-18-14-26(36-3)28(38-5)27(15-18)37-4)22(17-25(24)35-2)29-13-12-23(31)19-8-10-21(11-9-19)30(32)33/h6-17,29H,1-5H3. The third-order valence-electron chi connectivity index (χ3n) is 5.53. The van der Waals surface area contributed by atoms with Crippen LogP contribution in [0, 0.1) is 10.1 Å². The Morgan fingerprint density at radius 1 is 0.789 bits per heavy atom. The number of hydrogen-bond donors (Lipinski definition) is 1. The molecule has 0 unspecified atom stereocenters. The van der Waals surface area contributed by atoms with Crippen LogP contribution in [0.25, 0.3) is 12.2 Å². The normalized spacial score (nSPS) is 10.9. The zero-order valence-electron chi connectivity index (χ0n) is 21.6. The lowest BCUT2D eigenvalue weighted by molar-refractivity contribution is -0.384. The first-order valence-corrected chi connectivity index (χ1v) is 11.3. The van der Waals surface area contributed by atoms with Crippen molar-refractivity contribution in [3.05, 3.63) is 87.6 Å². The fourth-order valence-corrected chi connectivity index (χ4v) is 3.59. The molecule has 3 rings (SSSR count). The zero-order valence-corrected chi connectivity index (χ0v) is 21.6. The van der Waals surface area contributed by atoms with E-state index in [1.54, 1.807) is 33.5 Å². The fourth-order valence-electron chi connectivity index (χ4n) is 3.59. The molecule has 0 fully saturated rings. The van der Waals surface area contributed by atoms with Crippen LogP contribution < -0.4 is 29.0 Å². The summed E-state index contributed by atoms with van der Waals surface area (Å²) in [7, 11) is 7.70. The number of non-ortho nitro benzene ring substituents is 1. The smallest absolute Gasteiger partial charge is 0.269 e. The Balaban J connectivity index is 1.91. The Bertz CT molecular complexity index is 1340. The maximum absolute atomic E-state index is 12.5. The van der Waals surface area contributed by atoms with E-state index in [0.717, 1.165) is 11.1 Å². The van der Waals surface area contributed by atoms with Crippen LogP contribution in [-0.4, -0.2) is 46.3 Å². The number of nitro groups is 1. The molecule has 0 aliphatic rings. The number of nitrogens with zero attached hydrogens (tertiary/aromatic N) is 1.